The van der Waals surface area contributed by atoms with Crippen LogP contribution in [0.3, 0.4) is 0 Å². The van der Waals surface area contributed by atoms with Crippen LogP contribution in [-0.2, 0) is 43.4 Å². The Labute approximate surface area is 294 Å². The second kappa shape index (κ2) is 26.2. The molecule has 0 aliphatic heterocycles. The second-order valence-corrected chi connectivity index (χ2v) is 10.8. The molecule has 0 heterocycles. The molecule has 14 nitrogen and oxygen atoms in total. The maximum atomic E-state index is 12.3. The van der Waals surface area contributed by atoms with Crippen molar-refractivity contribution in [2.45, 2.75) is 64.4 Å². The Hall–Kier alpha value is -4.82. The number of alkyl carbamates (subject to hydrolysis) is 2. The maximum Gasteiger partial charge on any atom is 0.407 e. The molecule has 4 amide bonds. The van der Waals surface area contributed by atoms with E-state index in [1.165, 1.54) is 13.2 Å². The summed E-state index contributed by atoms with van der Waals surface area (Å²) in [5.74, 6) is -0.981. The minimum atomic E-state index is -1.12. The lowest BCUT2D eigenvalue weighted by molar-refractivity contribution is -0.137. The van der Waals surface area contributed by atoms with E-state index >= 15 is 0 Å². The fourth-order valence-electron chi connectivity index (χ4n) is 4.21. The summed E-state index contributed by atoms with van der Waals surface area (Å²) in [5.41, 5.74) is 8.11. The van der Waals surface area contributed by atoms with Crippen molar-refractivity contribution in [1.82, 2.24) is 26.6 Å². The van der Waals surface area contributed by atoms with Gasteiger partial charge in [0.2, 0.25) is 12.1 Å². The largest absolute Gasteiger partial charge is 0.445 e. The van der Waals surface area contributed by atoms with E-state index in [-0.39, 0.29) is 31.6 Å². The summed E-state index contributed by atoms with van der Waals surface area (Å²) in [6.45, 7) is 2.18. The molecule has 270 valence electrons. The van der Waals surface area contributed by atoms with Crippen LogP contribution >= 0.6 is 12.4 Å². The zero-order chi connectivity index (χ0) is 34.8. The van der Waals surface area contributed by atoms with Gasteiger partial charge < -0.3 is 46.5 Å². The van der Waals surface area contributed by atoms with E-state index in [0.29, 0.717) is 45.4 Å². The van der Waals surface area contributed by atoms with Crippen molar-refractivity contribution >= 4 is 42.4 Å². The van der Waals surface area contributed by atoms with Crippen LogP contribution in [-0.4, -0.2) is 69.5 Å². The molecule has 2 aromatic rings. The van der Waals surface area contributed by atoms with Crippen molar-refractivity contribution < 1.29 is 33.4 Å². The van der Waals surface area contributed by atoms with Gasteiger partial charge in [-0.3, -0.25) is 15.0 Å². The van der Waals surface area contributed by atoms with E-state index in [9.17, 15) is 19.2 Å². The fraction of sp³-hybridized carbons (Fsp3) is 0.441. The summed E-state index contributed by atoms with van der Waals surface area (Å²) in [4.78, 5) is 48.3. The van der Waals surface area contributed by atoms with Gasteiger partial charge in [0, 0.05) is 33.3 Å². The van der Waals surface area contributed by atoms with Crippen LogP contribution in [0.25, 0.3) is 0 Å². The van der Waals surface area contributed by atoms with Gasteiger partial charge in [-0.2, -0.15) is 0 Å². The summed E-state index contributed by atoms with van der Waals surface area (Å²) < 4.78 is 15.6. The number of benzene rings is 2. The molecule has 15 heteroatoms. The summed E-state index contributed by atoms with van der Waals surface area (Å²) in [7, 11) is 1.33. The first-order valence-corrected chi connectivity index (χ1v) is 16.0. The smallest absolute Gasteiger partial charge is 0.407 e. The van der Waals surface area contributed by atoms with Crippen molar-refractivity contribution in [3.63, 3.8) is 0 Å². The third-order valence-corrected chi connectivity index (χ3v) is 6.82. The molecule has 2 rings (SSSR count). The van der Waals surface area contributed by atoms with Gasteiger partial charge in [0.15, 0.2) is 5.96 Å². The predicted molar refractivity (Wildman–Crippen MR) is 189 cm³/mol. The van der Waals surface area contributed by atoms with E-state index in [1.807, 2.05) is 54.6 Å². The Kier molecular flexibility index (Phi) is 22.5. The van der Waals surface area contributed by atoms with Crippen molar-refractivity contribution in [1.29, 1.82) is 5.41 Å². The van der Waals surface area contributed by atoms with Crippen LogP contribution in [0, 0.1) is 5.41 Å². The van der Waals surface area contributed by atoms with Crippen LogP contribution in [0.5, 0.6) is 0 Å². The second-order valence-electron chi connectivity index (χ2n) is 10.8. The molecule has 0 saturated heterocycles. The first kappa shape index (κ1) is 42.2. The minimum Gasteiger partial charge on any atom is -0.445 e. The lowest BCUT2D eigenvalue weighted by Crippen LogP contribution is -2.47. The summed E-state index contributed by atoms with van der Waals surface area (Å²) >= 11 is 0. The van der Waals surface area contributed by atoms with Crippen LogP contribution in [0.1, 0.15) is 55.2 Å². The van der Waals surface area contributed by atoms with Crippen LogP contribution in [0.15, 0.2) is 66.7 Å². The highest BCUT2D eigenvalue weighted by Gasteiger charge is 2.18. The number of methoxy groups -OCH3 is 1. The minimum absolute atomic E-state index is 0. The number of nitrogens with two attached hydrogens (primary N) is 1. The number of aryl methyl sites for hydroxylation is 1. The number of amides is 4. The average molecular weight is 704 g/mol. The molecule has 1 unspecified atom stereocenters. The van der Waals surface area contributed by atoms with E-state index < -0.39 is 30.2 Å². The lowest BCUT2D eigenvalue weighted by atomic mass is 10.1. The van der Waals surface area contributed by atoms with Gasteiger partial charge in [0.25, 0.3) is 5.91 Å². The first-order valence-electron chi connectivity index (χ1n) is 16.0. The molecule has 0 saturated carbocycles. The number of nitrogens with one attached hydrogen (secondary N) is 6. The molecule has 0 aromatic heterocycles. The molecule has 0 bridgehead atoms. The Balaban J connectivity index is 0.0000120. The number of carbonyl (C=O) groups excluding carboxylic acids is 4. The zero-order valence-electron chi connectivity index (χ0n) is 28.0. The van der Waals surface area contributed by atoms with Gasteiger partial charge in [-0.05, 0) is 67.7 Å². The Bertz CT molecular complexity index is 1300. The van der Waals surface area contributed by atoms with Gasteiger partial charge in [-0.15, -0.1) is 12.4 Å². The number of halogens is 1. The van der Waals surface area contributed by atoms with Crippen LogP contribution in [0.4, 0.5) is 9.59 Å². The molecular formula is C34H50ClN7O7. The molecule has 0 aliphatic rings. The number of ether oxygens (including phenoxy) is 3. The molecule has 0 fully saturated rings. The number of hydrogen-bond acceptors (Lipinski definition) is 8. The van der Waals surface area contributed by atoms with Crippen molar-refractivity contribution in [2.75, 3.05) is 33.3 Å². The number of hydrogen-bond donors (Lipinski definition) is 7. The van der Waals surface area contributed by atoms with Crippen LogP contribution in [0.2, 0.25) is 0 Å². The number of carbonyl (C=O) groups is 4. The number of allylic oxidation sites excluding steroid dienone is 1. The fourth-order valence-corrected chi connectivity index (χ4v) is 4.21. The topological polar surface area (TPSA) is 206 Å². The zero-order valence-corrected chi connectivity index (χ0v) is 28.8. The van der Waals surface area contributed by atoms with Gasteiger partial charge in [0.05, 0.1) is 0 Å². The van der Waals surface area contributed by atoms with Crippen molar-refractivity contribution in [2.24, 2.45) is 5.73 Å². The van der Waals surface area contributed by atoms with E-state index in [1.54, 1.807) is 6.08 Å². The van der Waals surface area contributed by atoms with Gasteiger partial charge in [-0.1, -0.05) is 60.7 Å². The quantitative estimate of drug-likeness (QED) is 0.0315. The molecular weight excluding hydrogens is 654 g/mol. The van der Waals surface area contributed by atoms with Crippen LogP contribution < -0.4 is 32.3 Å². The highest BCUT2D eigenvalue weighted by atomic mass is 35.5. The van der Waals surface area contributed by atoms with E-state index in [2.05, 4.69) is 26.6 Å². The van der Waals surface area contributed by atoms with Crippen molar-refractivity contribution in [3.8, 4) is 0 Å². The summed E-state index contributed by atoms with van der Waals surface area (Å²) in [6, 6.07) is 17.2. The SMILES string of the molecule is COC(NC(=O)C=CCCCCNC(=N)N)C(=O)NCCCCNC(=O)OCc1ccc(CCCNC(=O)OCc2ccccc2)cc1.Cl. The molecule has 0 aliphatic carbocycles. The van der Waals surface area contributed by atoms with E-state index in [0.717, 1.165) is 42.4 Å². The highest BCUT2D eigenvalue weighted by molar-refractivity contribution is 5.92. The third-order valence-electron chi connectivity index (χ3n) is 6.82. The normalized spacial score (nSPS) is 11.0. The van der Waals surface area contributed by atoms with Crippen molar-refractivity contribution in [3.05, 3.63) is 83.4 Å². The maximum absolute atomic E-state index is 12.3. The van der Waals surface area contributed by atoms with Gasteiger partial charge in [0.1, 0.15) is 13.2 Å². The number of guanidine groups is 1. The summed E-state index contributed by atoms with van der Waals surface area (Å²) in [6.07, 6.45) is 6.01. The Morgan fingerprint density at radius 3 is 1.88 bits per heavy atom. The number of rotatable bonds is 22. The Morgan fingerprint density at radius 1 is 0.735 bits per heavy atom. The monoisotopic (exact) mass is 703 g/mol. The third kappa shape index (κ3) is 20.9. The average Bonchev–Trinajstić information content (AvgIpc) is 3.09. The standard InChI is InChI=1S/C34H49N7O7.ClH/c1-46-31(41-29(42)15-7-2-3-8-21-38-32(35)36)30(43)37-20-9-10-22-39-33(44)48-25-28-18-16-26(17-19-28)14-11-23-40-34(45)47-24-27-12-5-4-6-13-27;/h4-7,12-13,15-19,31H,2-3,8-11,14,20-25H2,1H3,(H,37,43)(H,39,44)(H,40,45)(H,41,42)(H4,35,36,38);1H. The first-order chi connectivity index (χ1) is 23.3. The molecule has 0 spiro atoms. The molecule has 1 atom stereocenters. The predicted octanol–water partition coefficient (Wildman–Crippen LogP) is 3.39. The van der Waals surface area contributed by atoms with Gasteiger partial charge >= 0.3 is 12.2 Å². The van der Waals surface area contributed by atoms with Gasteiger partial charge in [-0.25, -0.2) is 9.59 Å². The molecule has 8 N–H and O–H groups in total. The molecule has 49 heavy (non-hydrogen) atoms. The highest BCUT2D eigenvalue weighted by Crippen LogP contribution is 2.08. The molecule has 0 radical (unpaired) electrons. The molecule has 2 aromatic carbocycles. The summed E-state index contributed by atoms with van der Waals surface area (Å²) in [5, 5.41) is 20.4. The Morgan fingerprint density at radius 2 is 1.27 bits per heavy atom. The number of unbranched alkanes of at least 4 members (excludes halogenated alkanes) is 3. The lowest BCUT2D eigenvalue weighted by Gasteiger charge is -2.16. The van der Waals surface area contributed by atoms with E-state index in [4.69, 9.17) is 25.4 Å².